The summed E-state index contributed by atoms with van der Waals surface area (Å²) in [7, 11) is 0. The molecule has 174 valence electrons. The molecule has 2 amide bonds. The summed E-state index contributed by atoms with van der Waals surface area (Å²) >= 11 is 0. The van der Waals surface area contributed by atoms with E-state index in [2.05, 4.69) is 5.32 Å². The van der Waals surface area contributed by atoms with Gasteiger partial charge in [0, 0.05) is 19.0 Å². The van der Waals surface area contributed by atoms with Crippen molar-refractivity contribution in [3.63, 3.8) is 0 Å². The summed E-state index contributed by atoms with van der Waals surface area (Å²) in [4.78, 5) is 37.6. The maximum atomic E-state index is 13.2. The Balaban J connectivity index is 1.90. The van der Waals surface area contributed by atoms with E-state index in [0.717, 1.165) is 17.7 Å². The van der Waals surface area contributed by atoms with Crippen LogP contribution < -0.4 is 5.32 Å². The number of hydrogen-bond acceptors (Lipinski definition) is 4. The Bertz CT molecular complexity index is 1070. The lowest BCUT2D eigenvalue weighted by Crippen LogP contribution is -2.49. The summed E-state index contributed by atoms with van der Waals surface area (Å²) in [5.41, 5.74) is -0.142. The lowest BCUT2D eigenvalue weighted by molar-refractivity contribution is -0.139. The molecule has 3 rings (SSSR count). The molecule has 2 aromatic carbocycles. The Labute approximate surface area is 187 Å². The molecular weight excluding hydrogens is 441 g/mol. The fourth-order valence-electron chi connectivity index (χ4n) is 3.61. The number of halogens is 3. The van der Waals surface area contributed by atoms with Crippen molar-refractivity contribution in [1.82, 2.24) is 10.2 Å². The third-order valence-corrected chi connectivity index (χ3v) is 5.21. The molecule has 33 heavy (non-hydrogen) atoms. The van der Waals surface area contributed by atoms with E-state index in [4.69, 9.17) is 5.11 Å². The first-order valence-electron chi connectivity index (χ1n) is 9.99. The van der Waals surface area contributed by atoms with Crippen molar-refractivity contribution in [2.24, 2.45) is 0 Å². The molecule has 1 unspecified atom stereocenters. The molecule has 1 atom stereocenters. The van der Waals surface area contributed by atoms with Gasteiger partial charge in [0.15, 0.2) is 0 Å². The molecule has 0 bridgehead atoms. The van der Waals surface area contributed by atoms with Crippen LogP contribution in [0, 0.1) is 0 Å². The minimum absolute atomic E-state index is 0.0723. The summed E-state index contributed by atoms with van der Waals surface area (Å²) in [6.07, 6.45) is -4.24. The molecule has 1 aliphatic rings. The number of aliphatic hydroxyl groups is 1. The van der Waals surface area contributed by atoms with Gasteiger partial charge in [0.05, 0.1) is 5.56 Å². The van der Waals surface area contributed by atoms with E-state index < -0.39 is 53.4 Å². The largest absolute Gasteiger partial charge is 0.511 e. The number of nitrogens with zero attached hydrogens (tertiary/aromatic N) is 1. The number of aliphatic carboxylic acids is 1. The maximum Gasteiger partial charge on any atom is 0.416 e. The number of aliphatic hydroxyl groups excluding tert-OH is 1. The molecule has 0 radical (unpaired) electrons. The van der Waals surface area contributed by atoms with E-state index in [0.29, 0.717) is 12.0 Å². The zero-order valence-corrected chi connectivity index (χ0v) is 17.3. The highest BCUT2D eigenvalue weighted by Crippen LogP contribution is 2.31. The van der Waals surface area contributed by atoms with Gasteiger partial charge in [-0.3, -0.25) is 14.4 Å². The summed E-state index contributed by atoms with van der Waals surface area (Å²) in [6.45, 7) is -0.841. The lowest BCUT2D eigenvalue weighted by atomic mass is 9.93. The standard InChI is InChI=1S/C23H21F3N2O5/c24-23(25,26)16-8-6-15(7-9-16)13-28-17(10-14-4-2-1-3-5-14)11-18(29)20(22(28)33)21(32)27-12-19(30)31/h1-9,17,29H,10-13H2,(H,27,32)(H,30,31). The molecule has 1 heterocycles. The first-order valence-corrected chi connectivity index (χ1v) is 9.99. The molecule has 0 saturated heterocycles. The summed E-state index contributed by atoms with van der Waals surface area (Å²) in [5, 5.41) is 21.2. The van der Waals surface area contributed by atoms with Gasteiger partial charge in [-0.25, -0.2) is 0 Å². The Hall–Kier alpha value is -3.82. The van der Waals surface area contributed by atoms with Gasteiger partial charge in [0.25, 0.3) is 11.8 Å². The number of carboxylic acids is 1. The number of alkyl halides is 3. The molecule has 0 aromatic heterocycles. The molecule has 0 spiro atoms. The van der Waals surface area contributed by atoms with Gasteiger partial charge in [-0.1, -0.05) is 42.5 Å². The van der Waals surface area contributed by atoms with E-state index in [9.17, 15) is 32.7 Å². The predicted molar refractivity (Wildman–Crippen MR) is 111 cm³/mol. The van der Waals surface area contributed by atoms with E-state index >= 15 is 0 Å². The Morgan fingerprint density at radius 1 is 1.03 bits per heavy atom. The van der Waals surface area contributed by atoms with Gasteiger partial charge in [-0.15, -0.1) is 0 Å². The molecular formula is C23H21F3N2O5. The smallest absolute Gasteiger partial charge is 0.416 e. The highest BCUT2D eigenvalue weighted by atomic mass is 19.4. The number of amides is 2. The molecule has 1 aliphatic heterocycles. The zero-order chi connectivity index (χ0) is 24.2. The topological polar surface area (TPSA) is 107 Å². The molecule has 3 N–H and O–H groups in total. The summed E-state index contributed by atoms with van der Waals surface area (Å²) in [6, 6.07) is 12.8. The van der Waals surface area contributed by atoms with E-state index in [1.807, 2.05) is 18.2 Å². The van der Waals surface area contributed by atoms with Crippen molar-refractivity contribution in [2.45, 2.75) is 31.6 Å². The van der Waals surface area contributed by atoms with Gasteiger partial charge in [0.2, 0.25) is 0 Å². The Kier molecular flexibility index (Phi) is 7.05. The van der Waals surface area contributed by atoms with Crippen molar-refractivity contribution < 1.29 is 37.8 Å². The quantitative estimate of drug-likeness (QED) is 0.549. The van der Waals surface area contributed by atoms with E-state index in [1.165, 1.54) is 17.0 Å². The van der Waals surface area contributed by atoms with Crippen LogP contribution >= 0.6 is 0 Å². The fourth-order valence-corrected chi connectivity index (χ4v) is 3.61. The molecule has 2 aromatic rings. The van der Waals surface area contributed by atoms with E-state index in [1.54, 1.807) is 12.1 Å². The average molecular weight is 462 g/mol. The minimum Gasteiger partial charge on any atom is -0.511 e. The van der Waals surface area contributed by atoms with Crippen LogP contribution in [0.15, 0.2) is 65.9 Å². The van der Waals surface area contributed by atoms with Crippen molar-refractivity contribution in [3.05, 3.63) is 82.6 Å². The highest BCUT2D eigenvalue weighted by molar-refractivity contribution is 6.19. The van der Waals surface area contributed by atoms with Gasteiger partial charge >= 0.3 is 12.1 Å². The van der Waals surface area contributed by atoms with Crippen LogP contribution in [0.3, 0.4) is 0 Å². The normalized spacial score (nSPS) is 16.6. The van der Waals surface area contributed by atoms with Crippen LogP contribution in [0.2, 0.25) is 0 Å². The predicted octanol–water partition coefficient (Wildman–Crippen LogP) is 3.06. The first-order chi connectivity index (χ1) is 15.6. The summed E-state index contributed by atoms with van der Waals surface area (Å²) < 4.78 is 38.6. The highest BCUT2D eigenvalue weighted by Gasteiger charge is 2.38. The average Bonchev–Trinajstić information content (AvgIpc) is 2.75. The number of carbonyl (C=O) groups excluding carboxylic acids is 2. The van der Waals surface area contributed by atoms with Crippen molar-refractivity contribution in [2.75, 3.05) is 6.54 Å². The monoisotopic (exact) mass is 462 g/mol. The van der Waals surface area contributed by atoms with Gasteiger partial charge in [-0.05, 0) is 29.7 Å². The third kappa shape index (κ3) is 5.91. The molecule has 0 aliphatic carbocycles. The Morgan fingerprint density at radius 3 is 2.24 bits per heavy atom. The molecule has 0 fully saturated rings. The number of benzene rings is 2. The fraction of sp³-hybridized carbons (Fsp3) is 0.261. The summed E-state index contributed by atoms with van der Waals surface area (Å²) in [5.74, 6) is -3.65. The van der Waals surface area contributed by atoms with Crippen LogP contribution in [0.4, 0.5) is 13.2 Å². The number of rotatable bonds is 7. The third-order valence-electron chi connectivity index (χ3n) is 5.21. The lowest BCUT2D eigenvalue weighted by Gasteiger charge is -2.36. The minimum atomic E-state index is -4.50. The maximum absolute atomic E-state index is 13.2. The second-order valence-electron chi connectivity index (χ2n) is 7.57. The van der Waals surface area contributed by atoms with E-state index in [-0.39, 0.29) is 13.0 Å². The van der Waals surface area contributed by atoms with Crippen LogP contribution in [-0.4, -0.2) is 45.5 Å². The second-order valence-corrected chi connectivity index (χ2v) is 7.57. The molecule has 10 heteroatoms. The van der Waals surface area contributed by atoms with Crippen LogP contribution in [0.5, 0.6) is 0 Å². The second kappa shape index (κ2) is 9.76. The van der Waals surface area contributed by atoms with Gasteiger partial charge in [-0.2, -0.15) is 13.2 Å². The number of nitrogens with one attached hydrogen (secondary N) is 1. The van der Waals surface area contributed by atoms with Gasteiger partial charge in [0.1, 0.15) is 17.9 Å². The van der Waals surface area contributed by atoms with Crippen LogP contribution in [0.25, 0.3) is 0 Å². The zero-order valence-electron chi connectivity index (χ0n) is 17.3. The van der Waals surface area contributed by atoms with Crippen molar-refractivity contribution in [1.29, 1.82) is 0 Å². The SMILES string of the molecule is O=C(O)CNC(=O)C1=C(O)CC(Cc2ccccc2)N(Cc2ccc(C(F)(F)F)cc2)C1=O. The first kappa shape index (κ1) is 23.8. The van der Waals surface area contributed by atoms with Gasteiger partial charge < -0.3 is 20.4 Å². The van der Waals surface area contributed by atoms with Crippen LogP contribution in [0.1, 0.15) is 23.1 Å². The molecule has 0 saturated carbocycles. The number of hydrogen-bond donors (Lipinski definition) is 3. The van der Waals surface area contributed by atoms with Crippen molar-refractivity contribution >= 4 is 17.8 Å². The number of carboxylic acid groups (broad SMARTS) is 1. The molecule has 7 nitrogen and oxygen atoms in total. The van der Waals surface area contributed by atoms with Crippen molar-refractivity contribution in [3.8, 4) is 0 Å². The van der Waals surface area contributed by atoms with Crippen LogP contribution in [-0.2, 0) is 33.5 Å². The Morgan fingerprint density at radius 2 is 1.67 bits per heavy atom. The number of carbonyl (C=O) groups is 3.